The molecule has 1 atom stereocenters. The Morgan fingerprint density at radius 2 is 2.22 bits per heavy atom. The van der Waals surface area contributed by atoms with Gasteiger partial charge in [0.1, 0.15) is 0 Å². The molecule has 0 radical (unpaired) electrons. The van der Waals surface area contributed by atoms with Crippen LogP contribution in [0.2, 0.25) is 0 Å². The number of fused-ring (bicyclic) bond motifs is 1. The van der Waals surface area contributed by atoms with Crippen LogP contribution in [-0.4, -0.2) is 41.4 Å². The zero-order valence-electron chi connectivity index (χ0n) is 10.3. The molecule has 0 bridgehead atoms. The Bertz CT molecular complexity index is 463. The second-order valence-electron chi connectivity index (χ2n) is 5.14. The molecule has 0 spiro atoms. The first-order chi connectivity index (χ1) is 8.72. The fraction of sp³-hybridized carbons (Fsp3) is 0.500. The van der Waals surface area contributed by atoms with Crippen molar-refractivity contribution in [3.63, 3.8) is 0 Å². The minimum absolute atomic E-state index is 0.349. The van der Waals surface area contributed by atoms with Crippen molar-refractivity contribution in [2.75, 3.05) is 19.6 Å². The molecule has 1 amide bonds. The van der Waals surface area contributed by atoms with Gasteiger partial charge in [-0.3, -0.25) is 9.69 Å². The number of amides is 1. The standard InChI is InChI=1S/C14H17BrN2O/c15-12-3-1-2-11(8-12)9-16-6-7-17-13(10-16)4-5-14(17)18/h1-3,8,13H,4-7,9-10H2. The molecule has 4 heteroatoms. The molecule has 96 valence electrons. The number of nitrogens with zero attached hydrogens (tertiary/aromatic N) is 2. The summed E-state index contributed by atoms with van der Waals surface area (Å²) in [5, 5.41) is 0. The summed E-state index contributed by atoms with van der Waals surface area (Å²) in [7, 11) is 0. The maximum absolute atomic E-state index is 11.6. The third kappa shape index (κ3) is 2.45. The van der Waals surface area contributed by atoms with Crippen molar-refractivity contribution >= 4 is 21.8 Å². The Balaban J connectivity index is 1.64. The van der Waals surface area contributed by atoms with Crippen molar-refractivity contribution < 1.29 is 4.79 Å². The van der Waals surface area contributed by atoms with E-state index in [2.05, 4.69) is 50.0 Å². The lowest BCUT2D eigenvalue weighted by Gasteiger charge is -2.37. The molecule has 2 aliphatic heterocycles. The average molecular weight is 309 g/mol. The van der Waals surface area contributed by atoms with Crippen LogP contribution < -0.4 is 0 Å². The van der Waals surface area contributed by atoms with E-state index in [0.717, 1.165) is 43.5 Å². The van der Waals surface area contributed by atoms with Gasteiger partial charge < -0.3 is 4.90 Å². The van der Waals surface area contributed by atoms with E-state index in [0.29, 0.717) is 11.9 Å². The van der Waals surface area contributed by atoms with E-state index in [4.69, 9.17) is 0 Å². The van der Waals surface area contributed by atoms with Crippen molar-refractivity contribution in [2.24, 2.45) is 0 Å². The number of halogens is 1. The SMILES string of the molecule is O=C1CCC2CN(Cc3cccc(Br)c3)CCN12. The quantitative estimate of drug-likeness (QED) is 0.836. The monoisotopic (exact) mass is 308 g/mol. The number of piperazine rings is 1. The summed E-state index contributed by atoms with van der Waals surface area (Å²) in [5.74, 6) is 0.349. The van der Waals surface area contributed by atoms with E-state index in [1.807, 2.05) is 0 Å². The van der Waals surface area contributed by atoms with E-state index >= 15 is 0 Å². The molecule has 1 aromatic rings. The van der Waals surface area contributed by atoms with Crippen LogP contribution in [0.25, 0.3) is 0 Å². The molecule has 0 saturated carbocycles. The number of benzene rings is 1. The van der Waals surface area contributed by atoms with Gasteiger partial charge in [0, 0.05) is 43.1 Å². The fourth-order valence-corrected chi connectivity index (χ4v) is 3.41. The zero-order chi connectivity index (χ0) is 12.5. The minimum atomic E-state index is 0.349. The van der Waals surface area contributed by atoms with Crippen molar-refractivity contribution in [1.82, 2.24) is 9.80 Å². The van der Waals surface area contributed by atoms with Crippen LogP contribution in [0.3, 0.4) is 0 Å². The van der Waals surface area contributed by atoms with Crippen molar-refractivity contribution in [2.45, 2.75) is 25.4 Å². The highest BCUT2D eigenvalue weighted by molar-refractivity contribution is 9.10. The molecule has 0 N–H and O–H groups in total. The van der Waals surface area contributed by atoms with E-state index < -0.39 is 0 Å². The molecule has 2 fully saturated rings. The van der Waals surface area contributed by atoms with Gasteiger partial charge in [0.25, 0.3) is 0 Å². The summed E-state index contributed by atoms with van der Waals surface area (Å²) in [6.07, 6.45) is 1.78. The Kier molecular flexibility index (Phi) is 3.39. The van der Waals surface area contributed by atoms with Gasteiger partial charge in [-0.2, -0.15) is 0 Å². The van der Waals surface area contributed by atoms with Crippen LogP contribution in [0.5, 0.6) is 0 Å². The van der Waals surface area contributed by atoms with Crippen LogP contribution >= 0.6 is 15.9 Å². The molecule has 3 rings (SSSR count). The smallest absolute Gasteiger partial charge is 0.222 e. The molecular weight excluding hydrogens is 292 g/mol. The van der Waals surface area contributed by atoms with Crippen molar-refractivity contribution in [1.29, 1.82) is 0 Å². The first kappa shape index (κ1) is 12.2. The van der Waals surface area contributed by atoms with Gasteiger partial charge in [-0.15, -0.1) is 0 Å². The van der Waals surface area contributed by atoms with Crippen LogP contribution in [0.15, 0.2) is 28.7 Å². The highest BCUT2D eigenvalue weighted by Gasteiger charge is 2.35. The maximum Gasteiger partial charge on any atom is 0.222 e. The lowest BCUT2D eigenvalue weighted by atomic mass is 10.1. The highest BCUT2D eigenvalue weighted by atomic mass is 79.9. The predicted octanol–water partition coefficient (Wildman–Crippen LogP) is 2.26. The Morgan fingerprint density at radius 3 is 3.06 bits per heavy atom. The fourth-order valence-electron chi connectivity index (χ4n) is 2.97. The second-order valence-corrected chi connectivity index (χ2v) is 6.06. The van der Waals surface area contributed by atoms with Gasteiger partial charge in [0.05, 0.1) is 0 Å². The molecule has 1 unspecified atom stereocenters. The number of rotatable bonds is 2. The van der Waals surface area contributed by atoms with Gasteiger partial charge >= 0.3 is 0 Å². The van der Waals surface area contributed by atoms with Crippen LogP contribution in [-0.2, 0) is 11.3 Å². The van der Waals surface area contributed by atoms with Crippen molar-refractivity contribution in [3.05, 3.63) is 34.3 Å². The number of hydrogen-bond donors (Lipinski definition) is 0. The summed E-state index contributed by atoms with van der Waals surface area (Å²) < 4.78 is 1.13. The molecule has 0 aromatic heterocycles. The van der Waals surface area contributed by atoms with E-state index in [1.54, 1.807) is 0 Å². The first-order valence-electron chi connectivity index (χ1n) is 6.48. The van der Waals surface area contributed by atoms with E-state index in [9.17, 15) is 4.79 Å². The summed E-state index contributed by atoms with van der Waals surface area (Å²) >= 11 is 3.51. The average Bonchev–Trinajstić information content (AvgIpc) is 2.71. The Labute approximate surface area is 116 Å². The zero-order valence-corrected chi connectivity index (χ0v) is 11.9. The molecule has 3 nitrogen and oxygen atoms in total. The number of carbonyl (C=O) groups is 1. The largest absolute Gasteiger partial charge is 0.337 e. The third-order valence-corrected chi connectivity index (χ3v) is 4.37. The van der Waals surface area contributed by atoms with Gasteiger partial charge in [-0.05, 0) is 24.1 Å². The van der Waals surface area contributed by atoms with Crippen LogP contribution in [0.1, 0.15) is 18.4 Å². The predicted molar refractivity (Wildman–Crippen MR) is 74.2 cm³/mol. The van der Waals surface area contributed by atoms with Gasteiger partial charge in [-0.25, -0.2) is 0 Å². The number of hydrogen-bond acceptors (Lipinski definition) is 2. The number of carbonyl (C=O) groups excluding carboxylic acids is 1. The lowest BCUT2D eigenvalue weighted by Crippen LogP contribution is -2.50. The summed E-state index contributed by atoms with van der Waals surface area (Å²) in [5.41, 5.74) is 1.34. The topological polar surface area (TPSA) is 23.6 Å². The molecule has 2 saturated heterocycles. The minimum Gasteiger partial charge on any atom is -0.337 e. The molecular formula is C14H17BrN2O. The highest BCUT2D eigenvalue weighted by Crippen LogP contribution is 2.24. The van der Waals surface area contributed by atoms with Crippen LogP contribution in [0.4, 0.5) is 0 Å². The van der Waals surface area contributed by atoms with E-state index in [-0.39, 0.29) is 0 Å². The summed E-state index contributed by atoms with van der Waals surface area (Å²) in [4.78, 5) is 16.1. The molecule has 2 aliphatic rings. The van der Waals surface area contributed by atoms with Gasteiger partial charge in [-0.1, -0.05) is 28.1 Å². The lowest BCUT2D eigenvalue weighted by molar-refractivity contribution is -0.130. The van der Waals surface area contributed by atoms with E-state index in [1.165, 1.54) is 5.56 Å². The van der Waals surface area contributed by atoms with Crippen LogP contribution in [0, 0.1) is 0 Å². The third-order valence-electron chi connectivity index (χ3n) is 3.87. The molecule has 2 heterocycles. The molecule has 1 aromatic carbocycles. The second kappa shape index (κ2) is 5.02. The molecule has 0 aliphatic carbocycles. The summed E-state index contributed by atoms with van der Waals surface area (Å²) in [6.45, 7) is 3.91. The Morgan fingerprint density at radius 1 is 1.33 bits per heavy atom. The maximum atomic E-state index is 11.6. The first-order valence-corrected chi connectivity index (χ1v) is 7.28. The normalized spacial score (nSPS) is 24.4. The van der Waals surface area contributed by atoms with Gasteiger partial charge in [0.2, 0.25) is 5.91 Å². The van der Waals surface area contributed by atoms with Gasteiger partial charge in [0.15, 0.2) is 0 Å². The van der Waals surface area contributed by atoms with Crippen molar-refractivity contribution in [3.8, 4) is 0 Å². The summed E-state index contributed by atoms with van der Waals surface area (Å²) in [6, 6.07) is 8.92. The Hall–Kier alpha value is -0.870. The molecule has 18 heavy (non-hydrogen) atoms.